The molecule has 0 radical (unpaired) electrons. The zero-order chi connectivity index (χ0) is 12.3. The SMILES string of the molecule is NC(=O)Cc1ccccc1C(F)(F)C(N)=O. The molecule has 0 aliphatic carbocycles. The van der Waals surface area contributed by atoms with Gasteiger partial charge in [0.05, 0.1) is 6.42 Å². The second kappa shape index (κ2) is 4.26. The van der Waals surface area contributed by atoms with Crippen molar-refractivity contribution < 1.29 is 18.4 Å². The number of alkyl halides is 2. The Balaban J connectivity index is 3.22. The highest BCUT2D eigenvalue weighted by Crippen LogP contribution is 2.30. The molecule has 6 heteroatoms. The second-order valence-corrected chi connectivity index (χ2v) is 3.24. The van der Waals surface area contributed by atoms with Crippen molar-refractivity contribution in [2.45, 2.75) is 12.3 Å². The van der Waals surface area contributed by atoms with Gasteiger partial charge in [0.25, 0.3) is 5.91 Å². The van der Waals surface area contributed by atoms with Crippen molar-refractivity contribution in [2.24, 2.45) is 11.5 Å². The van der Waals surface area contributed by atoms with Crippen LogP contribution in [0.1, 0.15) is 11.1 Å². The number of hydrogen-bond donors (Lipinski definition) is 2. The summed E-state index contributed by atoms with van der Waals surface area (Å²) in [6, 6.07) is 5.15. The summed E-state index contributed by atoms with van der Waals surface area (Å²) in [6.07, 6.45) is -0.362. The highest BCUT2D eigenvalue weighted by Gasteiger charge is 2.40. The number of hydrogen-bond acceptors (Lipinski definition) is 2. The largest absolute Gasteiger partial charge is 0.369 e. The van der Waals surface area contributed by atoms with Gasteiger partial charge in [-0.15, -0.1) is 0 Å². The van der Waals surface area contributed by atoms with Crippen LogP contribution in [-0.2, 0) is 21.9 Å². The van der Waals surface area contributed by atoms with Crippen LogP contribution in [0.5, 0.6) is 0 Å². The number of benzene rings is 1. The zero-order valence-corrected chi connectivity index (χ0v) is 8.24. The van der Waals surface area contributed by atoms with Crippen molar-refractivity contribution >= 4 is 11.8 Å². The van der Waals surface area contributed by atoms with Crippen LogP contribution < -0.4 is 11.5 Å². The molecule has 0 aliphatic heterocycles. The summed E-state index contributed by atoms with van der Waals surface area (Å²) in [5.41, 5.74) is 8.93. The molecule has 4 N–H and O–H groups in total. The summed E-state index contributed by atoms with van der Waals surface area (Å²) in [6.45, 7) is 0. The molecule has 0 spiro atoms. The summed E-state index contributed by atoms with van der Waals surface area (Å²) in [4.78, 5) is 21.3. The second-order valence-electron chi connectivity index (χ2n) is 3.24. The average molecular weight is 228 g/mol. The number of halogens is 2. The van der Waals surface area contributed by atoms with Crippen molar-refractivity contribution in [3.05, 3.63) is 35.4 Å². The normalized spacial score (nSPS) is 11.1. The first kappa shape index (κ1) is 12.1. The van der Waals surface area contributed by atoms with E-state index in [4.69, 9.17) is 5.73 Å². The predicted octanol–water partition coefficient (Wildman–Crippen LogP) is 0.291. The van der Waals surface area contributed by atoms with Crippen LogP contribution in [-0.4, -0.2) is 11.8 Å². The Labute approximate surface area is 90.2 Å². The van der Waals surface area contributed by atoms with Gasteiger partial charge >= 0.3 is 5.92 Å². The number of nitrogens with two attached hydrogens (primary N) is 2. The molecule has 1 aromatic carbocycles. The summed E-state index contributed by atoms with van der Waals surface area (Å²) < 4.78 is 26.7. The topological polar surface area (TPSA) is 86.2 Å². The first-order valence-corrected chi connectivity index (χ1v) is 4.40. The van der Waals surface area contributed by atoms with Crippen LogP contribution in [0.3, 0.4) is 0 Å². The molecule has 0 unspecified atom stereocenters. The summed E-state index contributed by atoms with van der Waals surface area (Å²) in [5.74, 6) is -6.32. The van der Waals surface area contributed by atoms with E-state index < -0.39 is 23.3 Å². The standard InChI is InChI=1S/C10H10F2N2O2/c11-10(12,9(14)16)7-4-2-1-3-6(7)5-8(13)15/h1-4H,5H2,(H2,13,15)(H2,14,16). The highest BCUT2D eigenvalue weighted by molar-refractivity contribution is 5.84. The Morgan fingerprint density at radius 1 is 1.19 bits per heavy atom. The minimum Gasteiger partial charge on any atom is -0.369 e. The number of primary amides is 2. The monoisotopic (exact) mass is 228 g/mol. The van der Waals surface area contributed by atoms with Crippen LogP contribution in [0, 0.1) is 0 Å². The molecule has 0 saturated carbocycles. The third kappa shape index (κ3) is 2.33. The molecule has 16 heavy (non-hydrogen) atoms. The maximum absolute atomic E-state index is 13.4. The van der Waals surface area contributed by atoms with Crippen molar-refractivity contribution in [3.63, 3.8) is 0 Å². The highest BCUT2D eigenvalue weighted by atomic mass is 19.3. The van der Waals surface area contributed by atoms with Gasteiger partial charge in [0.15, 0.2) is 0 Å². The van der Waals surface area contributed by atoms with Gasteiger partial charge in [0.1, 0.15) is 0 Å². The first-order valence-electron chi connectivity index (χ1n) is 4.40. The molecular formula is C10H10F2N2O2. The fourth-order valence-corrected chi connectivity index (χ4v) is 1.30. The Morgan fingerprint density at radius 2 is 1.75 bits per heavy atom. The Morgan fingerprint density at radius 3 is 2.25 bits per heavy atom. The lowest BCUT2D eigenvalue weighted by Crippen LogP contribution is -2.34. The van der Waals surface area contributed by atoms with Gasteiger partial charge in [-0.3, -0.25) is 9.59 Å². The van der Waals surface area contributed by atoms with E-state index in [-0.39, 0.29) is 12.0 Å². The molecule has 0 heterocycles. The van der Waals surface area contributed by atoms with E-state index in [1.165, 1.54) is 18.2 Å². The van der Waals surface area contributed by atoms with Gasteiger partial charge in [-0.25, -0.2) is 0 Å². The van der Waals surface area contributed by atoms with Gasteiger partial charge in [0, 0.05) is 5.56 Å². The van der Waals surface area contributed by atoms with E-state index in [0.29, 0.717) is 0 Å². The first-order chi connectivity index (χ1) is 7.35. The van der Waals surface area contributed by atoms with Crippen molar-refractivity contribution in [2.75, 3.05) is 0 Å². The molecule has 1 aromatic rings. The van der Waals surface area contributed by atoms with E-state index in [0.717, 1.165) is 6.07 Å². The van der Waals surface area contributed by atoms with Gasteiger partial charge in [-0.05, 0) is 5.56 Å². The van der Waals surface area contributed by atoms with Gasteiger partial charge in [-0.1, -0.05) is 24.3 Å². The maximum Gasteiger partial charge on any atom is 0.349 e. The van der Waals surface area contributed by atoms with Crippen LogP contribution in [0.15, 0.2) is 24.3 Å². The lowest BCUT2D eigenvalue weighted by atomic mass is 9.98. The van der Waals surface area contributed by atoms with E-state index in [1.54, 1.807) is 0 Å². The number of amides is 2. The maximum atomic E-state index is 13.4. The molecule has 0 saturated heterocycles. The molecule has 0 fully saturated rings. The molecule has 86 valence electrons. The van der Waals surface area contributed by atoms with Crippen molar-refractivity contribution in [1.29, 1.82) is 0 Å². The van der Waals surface area contributed by atoms with Crippen molar-refractivity contribution in [1.82, 2.24) is 0 Å². The fourth-order valence-electron chi connectivity index (χ4n) is 1.30. The van der Waals surface area contributed by atoms with Crippen molar-refractivity contribution in [3.8, 4) is 0 Å². The molecule has 2 amide bonds. The van der Waals surface area contributed by atoms with Gasteiger partial charge in [0.2, 0.25) is 5.91 Å². The van der Waals surface area contributed by atoms with E-state index >= 15 is 0 Å². The third-order valence-electron chi connectivity index (χ3n) is 2.03. The molecule has 0 aromatic heterocycles. The average Bonchev–Trinajstić information content (AvgIpc) is 2.17. The Kier molecular flexibility index (Phi) is 3.22. The molecular weight excluding hydrogens is 218 g/mol. The molecule has 0 bridgehead atoms. The number of rotatable bonds is 4. The van der Waals surface area contributed by atoms with Crippen LogP contribution >= 0.6 is 0 Å². The number of carbonyl (C=O) groups excluding carboxylic acids is 2. The van der Waals surface area contributed by atoms with Gasteiger partial charge in [-0.2, -0.15) is 8.78 Å². The molecule has 0 aliphatic rings. The summed E-state index contributed by atoms with van der Waals surface area (Å²) >= 11 is 0. The molecule has 4 nitrogen and oxygen atoms in total. The summed E-state index contributed by atoms with van der Waals surface area (Å²) in [5, 5.41) is 0. The minimum absolute atomic E-state index is 0.00111. The smallest absolute Gasteiger partial charge is 0.349 e. The molecule has 0 atom stereocenters. The van der Waals surface area contributed by atoms with E-state index in [1.807, 2.05) is 0 Å². The minimum atomic E-state index is -3.80. The number of carbonyl (C=O) groups is 2. The van der Waals surface area contributed by atoms with Crippen LogP contribution in [0.25, 0.3) is 0 Å². The predicted molar refractivity (Wildman–Crippen MR) is 52.4 cm³/mol. The summed E-state index contributed by atoms with van der Waals surface area (Å²) in [7, 11) is 0. The molecule has 1 rings (SSSR count). The lowest BCUT2D eigenvalue weighted by Gasteiger charge is -2.15. The van der Waals surface area contributed by atoms with Crippen LogP contribution in [0.4, 0.5) is 8.78 Å². The van der Waals surface area contributed by atoms with Gasteiger partial charge < -0.3 is 11.5 Å². The Bertz CT molecular complexity index is 433. The Hall–Kier alpha value is -1.98. The quantitative estimate of drug-likeness (QED) is 0.776. The van der Waals surface area contributed by atoms with Crippen LogP contribution in [0.2, 0.25) is 0 Å². The van der Waals surface area contributed by atoms with E-state index in [9.17, 15) is 18.4 Å². The third-order valence-corrected chi connectivity index (χ3v) is 2.03. The fraction of sp³-hybridized carbons (Fsp3) is 0.200. The zero-order valence-electron chi connectivity index (χ0n) is 8.24. The van der Waals surface area contributed by atoms with E-state index in [2.05, 4.69) is 5.73 Å². The lowest BCUT2D eigenvalue weighted by molar-refractivity contribution is -0.143.